The minimum absolute atomic E-state index is 0.0774. The number of likely N-dealkylation sites (tertiary alicyclic amines) is 1. The van der Waals surface area contributed by atoms with E-state index in [4.69, 9.17) is 4.74 Å². The summed E-state index contributed by atoms with van der Waals surface area (Å²) in [5.41, 5.74) is -0.659. The molecule has 1 aromatic carbocycles. The molecule has 3 atom stereocenters. The van der Waals surface area contributed by atoms with Gasteiger partial charge in [-0.15, -0.1) is 0 Å². The van der Waals surface area contributed by atoms with Crippen LogP contribution in [-0.2, 0) is 0 Å². The number of aliphatic hydroxyl groups is 1. The van der Waals surface area contributed by atoms with Gasteiger partial charge < -0.3 is 14.7 Å². The first kappa shape index (κ1) is 27.3. The molecule has 1 aliphatic heterocycles. The lowest BCUT2D eigenvalue weighted by Gasteiger charge is -2.22. The van der Waals surface area contributed by atoms with E-state index in [-0.39, 0.29) is 35.4 Å². The summed E-state index contributed by atoms with van der Waals surface area (Å²) in [7, 11) is 0. The van der Waals surface area contributed by atoms with Crippen LogP contribution < -0.4 is 4.74 Å². The van der Waals surface area contributed by atoms with E-state index in [1.165, 1.54) is 12.4 Å². The van der Waals surface area contributed by atoms with Crippen molar-refractivity contribution < 1.29 is 23.4 Å². The summed E-state index contributed by atoms with van der Waals surface area (Å²) in [5.74, 6) is 0.397. The maximum absolute atomic E-state index is 14.9. The zero-order valence-corrected chi connectivity index (χ0v) is 21.8. The average Bonchev–Trinajstić information content (AvgIpc) is 3.24. The van der Waals surface area contributed by atoms with Crippen molar-refractivity contribution in [3.05, 3.63) is 42.0 Å². The summed E-state index contributed by atoms with van der Waals surface area (Å²) < 4.78 is 34.6. The van der Waals surface area contributed by atoms with Gasteiger partial charge in [0, 0.05) is 6.54 Å². The van der Waals surface area contributed by atoms with Crippen molar-refractivity contribution in [2.75, 3.05) is 19.8 Å². The second kappa shape index (κ2) is 12.2. The molecule has 1 aliphatic carbocycles. The quantitative estimate of drug-likeness (QED) is 0.443. The van der Waals surface area contributed by atoms with Gasteiger partial charge >= 0.3 is 0 Å². The van der Waals surface area contributed by atoms with Gasteiger partial charge in [-0.05, 0) is 70.3 Å². The van der Waals surface area contributed by atoms with Gasteiger partial charge in [-0.3, -0.25) is 4.79 Å². The topological polar surface area (TPSA) is 75.5 Å². The van der Waals surface area contributed by atoms with Gasteiger partial charge in [-0.25, -0.2) is 18.7 Å². The Morgan fingerprint density at radius 1 is 1.14 bits per heavy atom. The van der Waals surface area contributed by atoms with E-state index in [0.29, 0.717) is 37.3 Å². The number of aromatic nitrogens is 2. The first-order valence-electron chi connectivity index (χ1n) is 13.4. The van der Waals surface area contributed by atoms with Crippen molar-refractivity contribution >= 4 is 5.91 Å². The highest BCUT2D eigenvalue weighted by atomic mass is 19.1. The molecule has 0 bridgehead atoms. The Morgan fingerprint density at radius 3 is 2.62 bits per heavy atom. The van der Waals surface area contributed by atoms with Crippen LogP contribution in [0.15, 0.2) is 18.5 Å². The molecule has 1 aromatic heterocycles. The summed E-state index contributed by atoms with van der Waals surface area (Å²) in [6.07, 6.45) is 11.5. The molecule has 2 heterocycles. The smallest absolute Gasteiger partial charge is 0.262 e. The molecule has 0 spiro atoms. The van der Waals surface area contributed by atoms with Crippen molar-refractivity contribution in [3.63, 3.8) is 0 Å². The second-order valence-corrected chi connectivity index (χ2v) is 11.1. The van der Waals surface area contributed by atoms with Gasteiger partial charge in [0.1, 0.15) is 17.2 Å². The van der Waals surface area contributed by atoms with Gasteiger partial charge in [0.15, 0.2) is 0 Å². The number of hydrogen-bond acceptors (Lipinski definition) is 5. The number of aliphatic hydroxyl groups excluding tert-OH is 1. The zero-order valence-electron chi connectivity index (χ0n) is 21.8. The fourth-order valence-corrected chi connectivity index (χ4v) is 5.35. The molecule has 6 nitrogen and oxygen atoms in total. The highest BCUT2D eigenvalue weighted by Gasteiger charge is 2.29. The zero-order chi connectivity index (χ0) is 26.4. The third-order valence-corrected chi connectivity index (χ3v) is 7.62. The lowest BCUT2D eigenvalue weighted by Crippen LogP contribution is -2.37. The van der Waals surface area contributed by atoms with Crippen LogP contribution in [0.2, 0.25) is 0 Å². The van der Waals surface area contributed by atoms with Gasteiger partial charge in [0.05, 0.1) is 42.8 Å². The van der Waals surface area contributed by atoms with Gasteiger partial charge in [-0.2, -0.15) is 0 Å². The van der Waals surface area contributed by atoms with Gasteiger partial charge in [-0.1, -0.05) is 31.4 Å². The molecule has 4 rings (SSSR count). The van der Waals surface area contributed by atoms with E-state index in [0.717, 1.165) is 57.4 Å². The molecule has 2 fully saturated rings. The molecule has 1 saturated carbocycles. The maximum atomic E-state index is 14.9. The molecule has 1 amide bonds. The van der Waals surface area contributed by atoms with Crippen LogP contribution in [0.4, 0.5) is 8.78 Å². The van der Waals surface area contributed by atoms with Crippen molar-refractivity contribution in [1.29, 1.82) is 0 Å². The highest BCUT2D eigenvalue weighted by Crippen LogP contribution is 2.32. The van der Waals surface area contributed by atoms with Crippen LogP contribution >= 0.6 is 0 Å². The van der Waals surface area contributed by atoms with E-state index in [9.17, 15) is 18.7 Å². The summed E-state index contributed by atoms with van der Waals surface area (Å²) >= 11 is 0. The van der Waals surface area contributed by atoms with Crippen LogP contribution in [-0.4, -0.2) is 57.4 Å². The SMILES string of the molecule is CC(C)(F)CCC1CCCC(COc2cnc(-c3c#cc(C(=O)N4CCCC4CO)cc3F)cn2)CC1. The van der Waals surface area contributed by atoms with Crippen LogP contribution in [0.5, 0.6) is 5.88 Å². The number of amides is 1. The van der Waals surface area contributed by atoms with E-state index in [1.54, 1.807) is 18.7 Å². The summed E-state index contributed by atoms with van der Waals surface area (Å²) in [6, 6.07) is 6.36. The van der Waals surface area contributed by atoms with E-state index in [1.807, 2.05) is 0 Å². The lowest BCUT2D eigenvalue weighted by atomic mass is 9.90. The Kier molecular flexibility index (Phi) is 8.96. The van der Waals surface area contributed by atoms with Crippen molar-refractivity contribution in [1.82, 2.24) is 14.9 Å². The first-order valence-corrected chi connectivity index (χ1v) is 13.4. The fraction of sp³-hybridized carbons (Fsp3) is 0.621. The lowest BCUT2D eigenvalue weighted by molar-refractivity contribution is 0.0677. The van der Waals surface area contributed by atoms with Crippen molar-refractivity contribution in [3.8, 4) is 17.1 Å². The third kappa shape index (κ3) is 7.38. The molecule has 2 aromatic rings. The van der Waals surface area contributed by atoms with Crippen LogP contribution in [0, 0.1) is 29.8 Å². The molecular weight excluding hydrogens is 476 g/mol. The van der Waals surface area contributed by atoms with Crippen LogP contribution in [0.3, 0.4) is 0 Å². The number of carbonyl (C=O) groups excluding carboxylic acids is 1. The number of carbonyl (C=O) groups is 1. The van der Waals surface area contributed by atoms with E-state index < -0.39 is 11.5 Å². The first-order chi connectivity index (χ1) is 17.7. The molecule has 1 saturated heterocycles. The predicted octanol–water partition coefficient (Wildman–Crippen LogP) is 5.58. The Morgan fingerprint density at radius 2 is 1.92 bits per heavy atom. The molecule has 2 aliphatic rings. The van der Waals surface area contributed by atoms with Crippen molar-refractivity contribution in [2.24, 2.45) is 11.8 Å². The largest absolute Gasteiger partial charge is 0.476 e. The summed E-state index contributed by atoms with van der Waals surface area (Å²) in [5, 5.41) is 9.46. The minimum Gasteiger partial charge on any atom is -0.476 e. The summed E-state index contributed by atoms with van der Waals surface area (Å²) in [6.45, 7) is 4.27. The fourth-order valence-electron chi connectivity index (χ4n) is 5.35. The highest BCUT2D eigenvalue weighted by molar-refractivity contribution is 5.94. The minimum atomic E-state index is -1.10. The van der Waals surface area contributed by atoms with Crippen LogP contribution in [0.25, 0.3) is 11.3 Å². The maximum Gasteiger partial charge on any atom is 0.262 e. The number of nitrogens with zero attached hydrogens (tertiary/aromatic N) is 3. The third-order valence-electron chi connectivity index (χ3n) is 7.62. The standard InChI is InChI=1S/C29H37F2N3O3/c1-29(2,31)13-12-20-5-3-6-21(9-8-20)19-37-27-17-32-26(16-33-27)24-11-10-22(15-25(24)30)28(36)34-14-4-7-23(34)18-35/h15-17,20-21,23,35H,3-9,12-14,18-19H2,1-2H3. The molecule has 200 valence electrons. The average molecular weight is 514 g/mol. The number of hydrogen-bond donors (Lipinski definition) is 1. The molecule has 0 radical (unpaired) electrons. The number of ether oxygens (including phenoxy) is 1. The molecule has 3 unspecified atom stereocenters. The van der Waals surface area contributed by atoms with E-state index in [2.05, 4.69) is 22.1 Å². The van der Waals surface area contributed by atoms with Gasteiger partial charge in [0.2, 0.25) is 5.88 Å². The Hall–Kier alpha value is -2.79. The van der Waals surface area contributed by atoms with Crippen LogP contribution in [0.1, 0.15) is 82.0 Å². The number of halogens is 2. The number of alkyl halides is 1. The Labute approximate surface area is 218 Å². The molecule has 37 heavy (non-hydrogen) atoms. The normalized spacial score (nSPS) is 22.4. The molecular formula is C29H37F2N3O3. The Bertz CT molecular complexity index is 1040. The second-order valence-electron chi connectivity index (χ2n) is 11.1. The predicted molar refractivity (Wildman–Crippen MR) is 136 cm³/mol. The molecule has 1 N–H and O–H groups in total. The van der Waals surface area contributed by atoms with Gasteiger partial charge in [0.25, 0.3) is 5.91 Å². The summed E-state index contributed by atoms with van der Waals surface area (Å²) in [4.78, 5) is 22.8. The number of rotatable bonds is 9. The van der Waals surface area contributed by atoms with Crippen molar-refractivity contribution in [2.45, 2.75) is 83.3 Å². The molecule has 8 heteroatoms. The Balaban J connectivity index is 1.30. The van der Waals surface area contributed by atoms with E-state index >= 15 is 0 Å². The monoisotopic (exact) mass is 513 g/mol.